The fourth-order valence-corrected chi connectivity index (χ4v) is 5.26. The molecule has 3 heterocycles. The van der Waals surface area contributed by atoms with Crippen LogP contribution in [0.3, 0.4) is 0 Å². The molecule has 0 unspecified atom stereocenters. The minimum Gasteiger partial charge on any atom is -0.364 e. The van der Waals surface area contributed by atoms with Gasteiger partial charge >= 0.3 is 0 Å². The number of fused-ring (bicyclic) bond motifs is 2. The molecule has 3 N–H and O–H groups in total. The molecule has 0 aliphatic carbocycles. The van der Waals surface area contributed by atoms with Crippen LogP contribution in [0.4, 0.5) is 4.39 Å². The molecule has 37 heavy (non-hydrogen) atoms. The number of hydrogen-bond donors (Lipinski definition) is 2. The number of H-pyrrole nitrogens is 1. The Bertz CT molecular complexity index is 1680. The van der Waals surface area contributed by atoms with Gasteiger partial charge in [0, 0.05) is 22.4 Å². The lowest BCUT2D eigenvalue weighted by Gasteiger charge is -2.23. The summed E-state index contributed by atoms with van der Waals surface area (Å²) in [7, 11) is 0. The molecule has 0 saturated carbocycles. The van der Waals surface area contributed by atoms with Gasteiger partial charge in [-0.3, -0.25) is 14.3 Å². The van der Waals surface area contributed by atoms with Gasteiger partial charge in [0.2, 0.25) is 5.91 Å². The molecule has 1 aliphatic rings. The first-order valence-corrected chi connectivity index (χ1v) is 12.2. The molecule has 5 aromatic rings. The third kappa shape index (κ3) is 4.11. The highest BCUT2D eigenvalue weighted by atomic mass is 35.5. The Morgan fingerprint density at radius 3 is 2.70 bits per heavy atom. The van der Waals surface area contributed by atoms with E-state index in [0.717, 1.165) is 16.6 Å². The minimum absolute atomic E-state index is 0.0483. The first kappa shape index (κ1) is 23.2. The predicted octanol–water partition coefficient (Wildman–Crippen LogP) is 4.64. The molecule has 2 atom stereocenters. The van der Waals surface area contributed by atoms with Crippen LogP contribution in [0, 0.1) is 0 Å². The van der Waals surface area contributed by atoms with Crippen LogP contribution in [0.1, 0.15) is 28.8 Å². The number of nitrogens with two attached hydrogens (primary N) is 1. The molecule has 1 saturated heterocycles. The second-order valence-corrected chi connectivity index (χ2v) is 9.52. The lowest BCUT2D eigenvalue weighted by Crippen LogP contribution is -2.34. The molecule has 2 amide bonds. The van der Waals surface area contributed by atoms with Crippen LogP contribution in [0.5, 0.6) is 0 Å². The number of alkyl halides is 1. The van der Waals surface area contributed by atoms with E-state index in [2.05, 4.69) is 15.1 Å². The van der Waals surface area contributed by atoms with E-state index in [1.54, 1.807) is 24.3 Å². The summed E-state index contributed by atoms with van der Waals surface area (Å²) in [6, 6.07) is 19.8. The van der Waals surface area contributed by atoms with Crippen molar-refractivity contribution < 1.29 is 14.0 Å². The van der Waals surface area contributed by atoms with Gasteiger partial charge in [-0.15, -0.1) is 0 Å². The second kappa shape index (κ2) is 9.01. The number of likely N-dealkylation sites (tertiary alicyclic amines) is 1. The zero-order chi connectivity index (χ0) is 25.7. The Morgan fingerprint density at radius 2 is 1.89 bits per heavy atom. The number of benzene rings is 3. The largest absolute Gasteiger partial charge is 0.364 e. The van der Waals surface area contributed by atoms with Gasteiger partial charge < -0.3 is 15.6 Å². The van der Waals surface area contributed by atoms with Gasteiger partial charge in [0.15, 0.2) is 5.69 Å². The molecule has 3 aromatic carbocycles. The van der Waals surface area contributed by atoms with Crippen molar-refractivity contribution in [2.24, 2.45) is 5.73 Å². The Kier molecular flexibility index (Phi) is 5.64. The minimum atomic E-state index is -1.18. The number of para-hydroxylation sites is 1. The number of carbonyl (C=O) groups excluding carboxylic acids is 2. The van der Waals surface area contributed by atoms with E-state index in [9.17, 15) is 14.0 Å². The molecule has 0 bridgehead atoms. The van der Waals surface area contributed by atoms with E-state index in [-0.39, 0.29) is 31.1 Å². The summed E-state index contributed by atoms with van der Waals surface area (Å²) in [6.07, 6.45) is -1.05. The summed E-state index contributed by atoms with van der Waals surface area (Å²) in [4.78, 5) is 34.7. The molecule has 8 nitrogen and oxygen atoms in total. The molecule has 2 aromatic heterocycles. The number of imidazole rings is 1. The van der Waals surface area contributed by atoms with Gasteiger partial charge in [0.1, 0.15) is 18.5 Å². The van der Waals surface area contributed by atoms with Gasteiger partial charge in [-0.1, -0.05) is 54.1 Å². The van der Waals surface area contributed by atoms with Crippen LogP contribution in [-0.4, -0.2) is 49.2 Å². The predicted molar refractivity (Wildman–Crippen MR) is 139 cm³/mol. The molecule has 1 aliphatic heterocycles. The van der Waals surface area contributed by atoms with Crippen LogP contribution in [-0.2, 0) is 11.3 Å². The van der Waals surface area contributed by atoms with Gasteiger partial charge in [-0.05, 0) is 29.8 Å². The smallest absolute Gasteiger partial charge is 0.269 e. The topological polar surface area (TPSA) is 110 Å². The van der Waals surface area contributed by atoms with Crippen molar-refractivity contribution in [1.29, 1.82) is 0 Å². The molecule has 1 fully saturated rings. The third-order valence-electron chi connectivity index (χ3n) is 6.75. The number of aromatic nitrogens is 4. The van der Waals surface area contributed by atoms with Crippen molar-refractivity contribution >= 4 is 45.4 Å². The maximum atomic E-state index is 14.6. The van der Waals surface area contributed by atoms with E-state index in [1.807, 2.05) is 42.5 Å². The molecule has 6 rings (SSSR count). The number of carbonyl (C=O) groups is 2. The van der Waals surface area contributed by atoms with Gasteiger partial charge in [-0.25, -0.2) is 9.37 Å². The van der Waals surface area contributed by atoms with Crippen LogP contribution in [0.2, 0.25) is 5.02 Å². The van der Waals surface area contributed by atoms with E-state index in [1.165, 1.54) is 9.58 Å². The second-order valence-electron chi connectivity index (χ2n) is 9.12. The number of amides is 2. The van der Waals surface area contributed by atoms with Crippen molar-refractivity contribution in [2.45, 2.75) is 25.2 Å². The van der Waals surface area contributed by atoms with Crippen molar-refractivity contribution in [2.75, 3.05) is 6.54 Å². The number of nitrogens with zero attached hydrogens (tertiary/aromatic N) is 4. The number of hydrogen-bond acceptors (Lipinski definition) is 4. The van der Waals surface area contributed by atoms with Crippen LogP contribution in [0.15, 0.2) is 66.7 Å². The molecule has 0 spiro atoms. The lowest BCUT2D eigenvalue weighted by molar-refractivity contribution is -0.133. The number of rotatable bonds is 5. The zero-order valence-electron chi connectivity index (χ0n) is 19.6. The van der Waals surface area contributed by atoms with Gasteiger partial charge in [-0.2, -0.15) is 5.10 Å². The van der Waals surface area contributed by atoms with Crippen LogP contribution < -0.4 is 5.73 Å². The Balaban J connectivity index is 1.31. The molecular formula is C27H22ClFN6O2. The number of primary amides is 1. The van der Waals surface area contributed by atoms with Gasteiger partial charge in [0.25, 0.3) is 5.91 Å². The van der Waals surface area contributed by atoms with E-state index in [0.29, 0.717) is 27.3 Å². The maximum absolute atomic E-state index is 14.6. The Hall–Kier alpha value is -4.24. The third-order valence-corrected chi connectivity index (χ3v) is 7.08. The maximum Gasteiger partial charge on any atom is 0.269 e. The first-order valence-electron chi connectivity index (χ1n) is 11.8. The number of aromatic amines is 1. The average Bonchev–Trinajstić information content (AvgIpc) is 3.59. The quantitative estimate of drug-likeness (QED) is 0.354. The molecule has 10 heteroatoms. The summed E-state index contributed by atoms with van der Waals surface area (Å²) in [5.41, 5.74) is 9.47. The van der Waals surface area contributed by atoms with E-state index in [4.69, 9.17) is 17.3 Å². The number of halogens is 2. The fourth-order valence-electron chi connectivity index (χ4n) is 5.02. The zero-order valence-corrected chi connectivity index (χ0v) is 20.3. The highest BCUT2D eigenvalue weighted by molar-refractivity contribution is 6.33. The van der Waals surface area contributed by atoms with Gasteiger partial charge in [0.05, 0.1) is 29.1 Å². The summed E-state index contributed by atoms with van der Waals surface area (Å²) < 4.78 is 16.1. The van der Waals surface area contributed by atoms with Crippen LogP contribution in [0.25, 0.3) is 33.1 Å². The highest BCUT2D eigenvalue weighted by Gasteiger charge is 2.38. The summed E-state index contributed by atoms with van der Waals surface area (Å²) in [6.45, 7) is -0.207. The van der Waals surface area contributed by atoms with Crippen molar-refractivity contribution in [3.05, 3.63) is 83.3 Å². The monoisotopic (exact) mass is 516 g/mol. The SMILES string of the molecule is NC(=O)c1nn(CC(=O)N2C[C@H](F)C[C@H]2c2nc3ccc(-c4ccccc4Cl)cc3[nH]2)c2ccccc12. The van der Waals surface area contributed by atoms with Crippen molar-refractivity contribution in [3.63, 3.8) is 0 Å². The molecule has 186 valence electrons. The normalized spacial score (nSPS) is 17.6. The van der Waals surface area contributed by atoms with Crippen LogP contribution >= 0.6 is 11.6 Å². The Labute approximate surface area is 215 Å². The summed E-state index contributed by atoms with van der Waals surface area (Å²) in [5, 5.41) is 5.47. The number of nitrogens with one attached hydrogen (secondary N) is 1. The summed E-state index contributed by atoms with van der Waals surface area (Å²) in [5.74, 6) is -0.488. The average molecular weight is 517 g/mol. The van der Waals surface area contributed by atoms with Crippen molar-refractivity contribution in [3.8, 4) is 11.1 Å². The van der Waals surface area contributed by atoms with Crippen molar-refractivity contribution in [1.82, 2.24) is 24.6 Å². The standard InChI is InChI=1S/C27H22ClFN6O2/c28-19-7-3-1-5-17(19)15-9-10-20-21(11-15)32-27(31-20)23-12-16(29)13-34(23)24(36)14-35-22-8-4-2-6-18(22)25(33-35)26(30)37/h1-11,16,23H,12-14H2,(H2,30,37)(H,31,32)/t16-,23+/m1/s1. The Morgan fingerprint density at radius 1 is 1.11 bits per heavy atom. The first-order chi connectivity index (χ1) is 17.9. The highest BCUT2D eigenvalue weighted by Crippen LogP contribution is 2.35. The lowest BCUT2D eigenvalue weighted by atomic mass is 10.1. The fraction of sp³-hybridized carbons (Fsp3) is 0.185. The molecule has 0 radical (unpaired) electrons. The molecular weight excluding hydrogens is 495 g/mol. The van der Waals surface area contributed by atoms with E-state index >= 15 is 0 Å². The summed E-state index contributed by atoms with van der Waals surface area (Å²) >= 11 is 6.37. The van der Waals surface area contributed by atoms with E-state index < -0.39 is 18.1 Å².